The van der Waals surface area contributed by atoms with Crippen molar-refractivity contribution in [1.29, 1.82) is 0 Å². The van der Waals surface area contributed by atoms with E-state index in [9.17, 15) is 0 Å². The molecular weight excluding hydrogens is 185 g/mol. The molecule has 2 aromatic heterocycles. The fraction of sp³-hybridized carbons (Fsp3) is 0.300. The zero-order chi connectivity index (χ0) is 9.47. The van der Waals surface area contributed by atoms with E-state index in [2.05, 4.69) is 36.9 Å². The largest absolute Gasteiger partial charge is 1.00 e. The number of hydrogen-bond acceptors (Lipinski definition) is 2. The van der Waals surface area contributed by atoms with Gasteiger partial charge in [0.15, 0.2) is 0 Å². The van der Waals surface area contributed by atoms with Crippen molar-refractivity contribution in [3.8, 4) is 0 Å². The molecule has 0 aliphatic heterocycles. The predicted octanol–water partition coefficient (Wildman–Crippen LogP) is -0.823. The SMILES string of the molecule is C[Si](C)(C)c1cc2ccn[c-]c2o1.[Li+]. The maximum atomic E-state index is 5.68. The molecule has 2 aromatic rings. The molecule has 0 aliphatic carbocycles. The van der Waals surface area contributed by atoms with Crippen LogP contribution >= 0.6 is 0 Å². The Labute approximate surface area is 96.9 Å². The molecule has 2 rings (SSSR count). The third-order valence-corrected chi connectivity index (χ3v) is 3.72. The van der Waals surface area contributed by atoms with Gasteiger partial charge in [0.25, 0.3) is 0 Å². The van der Waals surface area contributed by atoms with E-state index in [4.69, 9.17) is 4.42 Å². The average molecular weight is 197 g/mol. The number of nitrogens with zero attached hydrogens (tertiary/aromatic N) is 1. The molecular formula is C10H12LiNOSi. The van der Waals surface area contributed by atoms with E-state index in [1.807, 2.05) is 6.07 Å². The van der Waals surface area contributed by atoms with Crippen LogP contribution in [-0.4, -0.2) is 13.1 Å². The number of hydrogen-bond donors (Lipinski definition) is 0. The first-order valence-corrected chi connectivity index (χ1v) is 7.84. The molecule has 0 saturated heterocycles. The molecule has 0 amide bonds. The van der Waals surface area contributed by atoms with Gasteiger partial charge in [0.2, 0.25) is 0 Å². The van der Waals surface area contributed by atoms with Gasteiger partial charge < -0.3 is 9.40 Å². The molecule has 0 N–H and O–H groups in total. The molecule has 0 aliphatic rings. The van der Waals surface area contributed by atoms with E-state index in [1.54, 1.807) is 6.20 Å². The van der Waals surface area contributed by atoms with Crippen molar-refractivity contribution in [1.82, 2.24) is 4.98 Å². The Morgan fingerprint density at radius 2 is 2.07 bits per heavy atom. The first kappa shape index (κ1) is 11.6. The summed E-state index contributed by atoms with van der Waals surface area (Å²) in [4.78, 5) is 3.90. The number of pyridine rings is 1. The van der Waals surface area contributed by atoms with Gasteiger partial charge in [0.1, 0.15) is 8.07 Å². The van der Waals surface area contributed by atoms with Gasteiger partial charge in [-0.3, -0.25) is 0 Å². The van der Waals surface area contributed by atoms with Gasteiger partial charge in [-0.2, -0.15) is 0 Å². The summed E-state index contributed by atoms with van der Waals surface area (Å²) in [7, 11) is -1.33. The number of rotatable bonds is 1. The van der Waals surface area contributed by atoms with Gasteiger partial charge in [-0.1, -0.05) is 37.3 Å². The van der Waals surface area contributed by atoms with Crippen molar-refractivity contribution in [3.05, 3.63) is 24.5 Å². The van der Waals surface area contributed by atoms with Crippen LogP contribution in [0, 0.1) is 6.20 Å². The summed E-state index contributed by atoms with van der Waals surface area (Å²) in [5, 5.41) is 2.22. The van der Waals surface area contributed by atoms with Gasteiger partial charge >= 0.3 is 18.9 Å². The van der Waals surface area contributed by atoms with Crippen LogP contribution in [-0.2, 0) is 0 Å². The molecule has 0 saturated carbocycles. The second kappa shape index (κ2) is 3.94. The van der Waals surface area contributed by atoms with Crippen LogP contribution in [0.3, 0.4) is 0 Å². The minimum Gasteiger partial charge on any atom is -0.492 e. The molecule has 0 aromatic carbocycles. The summed E-state index contributed by atoms with van der Waals surface area (Å²) in [6.45, 7) is 6.79. The normalized spacial score (nSPS) is 11.4. The van der Waals surface area contributed by atoms with Crippen LogP contribution in [0.15, 0.2) is 22.7 Å². The van der Waals surface area contributed by atoms with Crippen molar-refractivity contribution in [2.75, 3.05) is 0 Å². The Hall–Kier alpha value is -0.496. The monoisotopic (exact) mass is 197 g/mol. The third kappa shape index (κ3) is 2.11. The van der Waals surface area contributed by atoms with Crippen molar-refractivity contribution in [2.24, 2.45) is 0 Å². The zero-order valence-electron chi connectivity index (χ0n) is 9.09. The second-order valence-corrected chi connectivity index (χ2v) is 9.19. The van der Waals surface area contributed by atoms with Crippen molar-refractivity contribution < 1.29 is 23.3 Å². The minimum atomic E-state index is -1.33. The summed E-state index contributed by atoms with van der Waals surface area (Å²) >= 11 is 0. The second-order valence-electron chi connectivity index (χ2n) is 4.20. The standard InChI is InChI=1S/C10H12NOSi.Li/c1-13(2,3)10-6-8-4-5-11-7-9(8)12-10;/h4-6H,1-3H3;/q-1;+1. The first-order chi connectivity index (χ1) is 6.07. The molecule has 68 valence electrons. The smallest absolute Gasteiger partial charge is 0.492 e. The number of aromatic nitrogens is 1. The van der Waals surface area contributed by atoms with Crippen LogP contribution < -0.4 is 24.2 Å². The molecule has 0 unspecified atom stereocenters. The van der Waals surface area contributed by atoms with E-state index in [0.717, 1.165) is 16.4 Å². The van der Waals surface area contributed by atoms with Crippen LogP contribution in [0.5, 0.6) is 0 Å². The average Bonchev–Trinajstić information content (AvgIpc) is 2.45. The first-order valence-electron chi connectivity index (χ1n) is 4.34. The molecule has 14 heavy (non-hydrogen) atoms. The summed E-state index contributed by atoms with van der Waals surface area (Å²) in [5.41, 5.74) is 0.778. The molecule has 0 radical (unpaired) electrons. The van der Waals surface area contributed by atoms with Crippen LogP contribution in [0.1, 0.15) is 0 Å². The van der Waals surface area contributed by atoms with Crippen molar-refractivity contribution >= 4 is 24.4 Å². The van der Waals surface area contributed by atoms with Crippen LogP contribution in [0.2, 0.25) is 19.6 Å². The maximum absolute atomic E-state index is 5.68. The molecule has 2 nitrogen and oxygen atoms in total. The van der Waals surface area contributed by atoms with E-state index in [-0.39, 0.29) is 18.9 Å². The molecule has 0 bridgehead atoms. The Kier molecular flexibility index (Phi) is 3.26. The summed E-state index contributed by atoms with van der Waals surface area (Å²) in [6.07, 6.45) is 4.59. The van der Waals surface area contributed by atoms with Crippen molar-refractivity contribution in [3.63, 3.8) is 0 Å². The Morgan fingerprint density at radius 3 is 2.64 bits per heavy atom. The quantitative estimate of drug-likeness (QED) is 0.441. The maximum Gasteiger partial charge on any atom is 1.00 e. The summed E-state index contributed by atoms with van der Waals surface area (Å²) in [5.74, 6) is 0. The fourth-order valence-corrected chi connectivity index (χ4v) is 2.20. The molecule has 2 heterocycles. The van der Waals surface area contributed by atoms with E-state index >= 15 is 0 Å². The minimum absolute atomic E-state index is 0. The fourth-order valence-electron chi connectivity index (χ4n) is 1.20. The van der Waals surface area contributed by atoms with Crippen molar-refractivity contribution in [2.45, 2.75) is 19.6 Å². The van der Waals surface area contributed by atoms with Crippen LogP contribution in [0.25, 0.3) is 11.0 Å². The number of furan rings is 1. The molecule has 0 spiro atoms. The number of fused-ring (bicyclic) bond motifs is 1. The molecule has 0 atom stereocenters. The summed E-state index contributed by atoms with van der Waals surface area (Å²) < 4.78 is 5.68. The molecule has 4 heteroatoms. The van der Waals surface area contributed by atoms with E-state index < -0.39 is 8.07 Å². The summed E-state index contributed by atoms with van der Waals surface area (Å²) in [6, 6.07) is 4.07. The topological polar surface area (TPSA) is 26.0 Å². The van der Waals surface area contributed by atoms with Gasteiger partial charge in [0.05, 0.1) is 5.38 Å². The van der Waals surface area contributed by atoms with E-state index in [0.29, 0.717) is 0 Å². The van der Waals surface area contributed by atoms with Crippen LogP contribution in [0.4, 0.5) is 0 Å². The van der Waals surface area contributed by atoms with Gasteiger partial charge in [0, 0.05) is 5.58 Å². The Bertz CT molecular complexity index is 400. The third-order valence-electron chi connectivity index (χ3n) is 1.99. The molecule has 0 fully saturated rings. The predicted molar refractivity (Wildman–Crippen MR) is 55.8 cm³/mol. The van der Waals surface area contributed by atoms with E-state index in [1.165, 1.54) is 0 Å². The van der Waals surface area contributed by atoms with Gasteiger partial charge in [-0.05, 0) is 6.20 Å². The van der Waals surface area contributed by atoms with Gasteiger partial charge in [-0.15, -0.1) is 6.07 Å². The zero-order valence-corrected chi connectivity index (χ0v) is 10.1. The van der Waals surface area contributed by atoms with Gasteiger partial charge in [-0.25, -0.2) is 0 Å². The Morgan fingerprint density at radius 1 is 1.36 bits per heavy atom. The Balaban J connectivity index is 0.000000980.